The van der Waals surface area contributed by atoms with E-state index in [-0.39, 0.29) is 5.91 Å². The minimum absolute atomic E-state index is 0.196. The molecular formula is C17H18N6O. The molecule has 7 heteroatoms. The van der Waals surface area contributed by atoms with Gasteiger partial charge in [-0.2, -0.15) is 4.98 Å². The highest BCUT2D eigenvalue weighted by Crippen LogP contribution is 2.08. The fourth-order valence-corrected chi connectivity index (χ4v) is 2.18. The van der Waals surface area contributed by atoms with Crippen molar-refractivity contribution in [1.29, 1.82) is 0 Å². The first kappa shape index (κ1) is 15.7. The Labute approximate surface area is 139 Å². The van der Waals surface area contributed by atoms with E-state index in [4.69, 9.17) is 0 Å². The lowest BCUT2D eigenvalue weighted by Crippen LogP contribution is -2.14. The van der Waals surface area contributed by atoms with Crippen LogP contribution in [0.3, 0.4) is 0 Å². The topological polar surface area (TPSA) is 95.6 Å². The van der Waals surface area contributed by atoms with Gasteiger partial charge in [0.25, 0.3) is 5.91 Å². The molecule has 0 atom stereocenters. The third-order valence-corrected chi connectivity index (χ3v) is 3.36. The SMILES string of the molecule is O=C(Nc1ccnc(NCCCc2ncc[nH]2)n1)c1ccccc1. The van der Waals surface area contributed by atoms with Gasteiger partial charge in [-0.25, -0.2) is 9.97 Å². The van der Waals surface area contributed by atoms with Gasteiger partial charge >= 0.3 is 0 Å². The number of aromatic amines is 1. The van der Waals surface area contributed by atoms with Crippen LogP contribution in [-0.2, 0) is 6.42 Å². The Morgan fingerprint density at radius 3 is 2.75 bits per heavy atom. The van der Waals surface area contributed by atoms with Crippen LogP contribution in [0.4, 0.5) is 11.8 Å². The second-order valence-corrected chi connectivity index (χ2v) is 5.15. The lowest BCUT2D eigenvalue weighted by atomic mass is 10.2. The molecular weight excluding hydrogens is 304 g/mol. The number of nitrogens with zero attached hydrogens (tertiary/aromatic N) is 3. The number of benzene rings is 1. The second-order valence-electron chi connectivity index (χ2n) is 5.15. The molecule has 0 saturated carbocycles. The van der Waals surface area contributed by atoms with Gasteiger partial charge in [0.2, 0.25) is 5.95 Å². The smallest absolute Gasteiger partial charge is 0.256 e. The lowest BCUT2D eigenvalue weighted by Gasteiger charge is -2.07. The molecule has 0 aliphatic carbocycles. The fourth-order valence-electron chi connectivity index (χ4n) is 2.18. The molecule has 1 amide bonds. The van der Waals surface area contributed by atoms with E-state index in [1.54, 1.807) is 30.6 Å². The third-order valence-electron chi connectivity index (χ3n) is 3.36. The van der Waals surface area contributed by atoms with Crippen LogP contribution in [0.2, 0.25) is 0 Å². The number of carbonyl (C=O) groups is 1. The van der Waals surface area contributed by atoms with Crippen molar-refractivity contribution in [2.24, 2.45) is 0 Å². The van der Waals surface area contributed by atoms with E-state index in [0.717, 1.165) is 25.2 Å². The van der Waals surface area contributed by atoms with E-state index in [1.165, 1.54) is 0 Å². The number of hydrogen-bond donors (Lipinski definition) is 3. The Kier molecular flexibility index (Phi) is 5.14. The van der Waals surface area contributed by atoms with Crippen LogP contribution in [-0.4, -0.2) is 32.4 Å². The van der Waals surface area contributed by atoms with Gasteiger partial charge in [0.15, 0.2) is 0 Å². The third kappa shape index (κ3) is 4.39. The molecule has 24 heavy (non-hydrogen) atoms. The summed E-state index contributed by atoms with van der Waals surface area (Å²) >= 11 is 0. The van der Waals surface area contributed by atoms with Crippen LogP contribution in [0, 0.1) is 0 Å². The van der Waals surface area contributed by atoms with Crippen LogP contribution >= 0.6 is 0 Å². The second kappa shape index (κ2) is 7.87. The van der Waals surface area contributed by atoms with E-state index in [0.29, 0.717) is 17.3 Å². The van der Waals surface area contributed by atoms with E-state index >= 15 is 0 Å². The predicted molar refractivity (Wildman–Crippen MR) is 91.8 cm³/mol. The number of imidazole rings is 1. The maximum Gasteiger partial charge on any atom is 0.256 e. The van der Waals surface area contributed by atoms with Crippen LogP contribution in [0.25, 0.3) is 0 Å². The van der Waals surface area contributed by atoms with Crippen molar-refractivity contribution < 1.29 is 4.79 Å². The summed E-state index contributed by atoms with van der Waals surface area (Å²) in [6.07, 6.45) is 6.92. The van der Waals surface area contributed by atoms with Crippen molar-refractivity contribution in [3.8, 4) is 0 Å². The van der Waals surface area contributed by atoms with Crippen molar-refractivity contribution in [1.82, 2.24) is 19.9 Å². The zero-order valence-corrected chi connectivity index (χ0v) is 13.1. The number of aryl methyl sites for hydroxylation is 1. The quantitative estimate of drug-likeness (QED) is 0.581. The molecule has 0 unspecified atom stereocenters. The fraction of sp³-hybridized carbons (Fsp3) is 0.176. The highest BCUT2D eigenvalue weighted by molar-refractivity contribution is 6.03. The molecule has 3 N–H and O–H groups in total. The molecule has 0 bridgehead atoms. The van der Waals surface area contributed by atoms with Gasteiger partial charge in [0.1, 0.15) is 11.6 Å². The van der Waals surface area contributed by atoms with Gasteiger partial charge in [-0.1, -0.05) is 18.2 Å². The molecule has 0 aliphatic heterocycles. The first-order valence-corrected chi connectivity index (χ1v) is 7.73. The van der Waals surface area contributed by atoms with Crippen LogP contribution in [0.5, 0.6) is 0 Å². The summed E-state index contributed by atoms with van der Waals surface area (Å²) in [5.41, 5.74) is 0.587. The van der Waals surface area contributed by atoms with E-state index < -0.39 is 0 Å². The Balaban J connectivity index is 1.51. The number of anilines is 2. The number of aromatic nitrogens is 4. The van der Waals surface area contributed by atoms with Gasteiger partial charge in [0, 0.05) is 37.1 Å². The molecule has 0 saturated heterocycles. The summed E-state index contributed by atoms with van der Waals surface area (Å²) in [6, 6.07) is 10.7. The number of amides is 1. The Hall–Kier alpha value is -3.22. The number of hydrogen-bond acceptors (Lipinski definition) is 5. The normalized spacial score (nSPS) is 10.3. The Morgan fingerprint density at radius 2 is 1.96 bits per heavy atom. The van der Waals surface area contributed by atoms with Gasteiger partial charge in [-0.3, -0.25) is 4.79 Å². The van der Waals surface area contributed by atoms with Crippen LogP contribution in [0.1, 0.15) is 22.6 Å². The van der Waals surface area contributed by atoms with Gasteiger partial charge in [-0.05, 0) is 24.6 Å². The zero-order valence-electron chi connectivity index (χ0n) is 13.1. The standard InChI is InChI=1S/C17H18N6O/c24-16(13-5-2-1-3-6-13)22-15-8-10-21-17(23-15)20-9-4-7-14-18-11-12-19-14/h1-3,5-6,8,10-12H,4,7,9H2,(H,18,19)(H2,20,21,22,23,24). The average molecular weight is 322 g/mol. The molecule has 3 aromatic rings. The molecule has 2 aromatic heterocycles. The molecule has 0 radical (unpaired) electrons. The molecule has 1 aromatic carbocycles. The van der Waals surface area contributed by atoms with Gasteiger partial charge in [-0.15, -0.1) is 0 Å². The highest BCUT2D eigenvalue weighted by Gasteiger charge is 2.06. The first-order chi connectivity index (χ1) is 11.8. The number of H-pyrrole nitrogens is 1. The maximum atomic E-state index is 12.1. The van der Waals surface area contributed by atoms with Crippen molar-refractivity contribution in [2.75, 3.05) is 17.2 Å². The number of carbonyl (C=O) groups excluding carboxylic acids is 1. The summed E-state index contributed by atoms with van der Waals surface area (Å²) in [7, 11) is 0. The summed E-state index contributed by atoms with van der Waals surface area (Å²) < 4.78 is 0. The van der Waals surface area contributed by atoms with Crippen molar-refractivity contribution >= 4 is 17.7 Å². The number of nitrogens with one attached hydrogen (secondary N) is 3. The lowest BCUT2D eigenvalue weighted by molar-refractivity contribution is 0.102. The summed E-state index contributed by atoms with van der Waals surface area (Å²) in [6.45, 7) is 0.719. The van der Waals surface area contributed by atoms with Crippen LogP contribution in [0.15, 0.2) is 55.0 Å². The van der Waals surface area contributed by atoms with E-state index in [1.807, 2.05) is 24.4 Å². The molecule has 122 valence electrons. The Morgan fingerprint density at radius 1 is 1.08 bits per heavy atom. The zero-order chi connectivity index (χ0) is 16.6. The molecule has 3 rings (SSSR count). The molecule has 0 spiro atoms. The van der Waals surface area contributed by atoms with Crippen molar-refractivity contribution in [2.45, 2.75) is 12.8 Å². The minimum atomic E-state index is -0.196. The van der Waals surface area contributed by atoms with Gasteiger partial charge < -0.3 is 15.6 Å². The summed E-state index contributed by atoms with van der Waals surface area (Å²) in [5.74, 6) is 1.72. The summed E-state index contributed by atoms with van der Waals surface area (Å²) in [5, 5.41) is 5.91. The molecule has 0 fully saturated rings. The molecule has 0 aliphatic rings. The Bertz CT molecular complexity index is 773. The van der Waals surface area contributed by atoms with Crippen molar-refractivity contribution in [3.05, 3.63) is 66.4 Å². The molecule has 7 nitrogen and oxygen atoms in total. The number of rotatable bonds is 7. The predicted octanol–water partition coefficient (Wildman–Crippen LogP) is 2.50. The van der Waals surface area contributed by atoms with Crippen molar-refractivity contribution in [3.63, 3.8) is 0 Å². The van der Waals surface area contributed by atoms with E-state index in [9.17, 15) is 4.79 Å². The maximum absolute atomic E-state index is 12.1. The van der Waals surface area contributed by atoms with E-state index in [2.05, 4.69) is 30.6 Å². The highest BCUT2D eigenvalue weighted by atomic mass is 16.1. The average Bonchev–Trinajstić information content (AvgIpc) is 3.13. The first-order valence-electron chi connectivity index (χ1n) is 7.73. The van der Waals surface area contributed by atoms with Crippen LogP contribution < -0.4 is 10.6 Å². The minimum Gasteiger partial charge on any atom is -0.354 e. The summed E-state index contributed by atoms with van der Waals surface area (Å²) in [4.78, 5) is 27.8. The monoisotopic (exact) mass is 322 g/mol. The van der Waals surface area contributed by atoms with Gasteiger partial charge in [0.05, 0.1) is 0 Å². The molecule has 2 heterocycles. The largest absolute Gasteiger partial charge is 0.354 e.